The van der Waals surface area contributed by atoms with Gasteiger partial charge in [0.15, 0.2) is 0 Å². The largest absolute Gasteiger partial charge is 0.481 e. The van der Waals surface area contributed by atoms with Gasteiger partial charge in [0.25, 0.3) is 0 Å². The molecule has 2 aromatic carbocycles. The van der Waals surface area contributed by atoms with Crippen molar-refractivity contribution in [2.75, 3.05) is 16.8 Å². The van der Waals surface area contributed by atoms with Gasteiger partial charge in [-0.15, -0.1) is 0 Å². The Kier molecular flexibility index (Phi) is 3.99. The Morgan fingerprint density at radius 1 is 1.21 bits per heavy atom. The van der Waals surface area contributed by atoms with E-state index in [1.807, 2.05) is 37.3 Å². The number of ether oxygens (including phenoxy) is 1. The van der Waals surface area contributed by atoms with Gasteiger partial charge in [-0.3, -0.25) is 9.69 Å². The molecule has 8 heteroatoms. The minimum absolute atomic E-state index is 0.0878. The standard InChI is InChI=1S/C20H20N4O4/c1-12(25)22-14-8-9-16-15(10-14)24-19(27)23(18(21)26)11-20(24,2)17(28-16)13-6-4-3-5-7-13/h3-10,17H,11H2,1-2H3,(H2,21,26)(H,22,25). The maximum atomic E-state index is 13.1. The molecule has 2 aromatic rings. The van der Waals surface area contributed by atoms with Crippen molar-refractivity contribution in [3.63, 3.8) is 0 Å². The number of carbonyl (C=O) groups excluding carboxylic acids is 3. The number of rotatable bonds is 2. The highest BCUT2D eigenvalue weighted by molar-refractivity contribution is 6.07. The summed E-state index contributed by atoms with van der Waals surface area (Å²) in [4.78, 5) is 38.9. The molecular weight excluding hydrogens is 360 g/mol. The molecule has 2 atom stereocenters. The highest BCUT2D eigenvalue weighted by Gasteiger charge is 2.58. The Bertz CT molecular complexity index is 977. The van der Waals surface area contributed by atoms with E-state index in [9.17, 15) is 14.4 Å². The molecule has 1 fully saturated rings. The summed E-state index contributed by atoms with van der Waals surface area (Å²) in [6.07, 6.45) is -0.499. The minimum atomic E-state index is -0.866. The predicted octanol–water partition coefficient (Wildman–Crippen LogP) is 2.86. The Balaban J connectivity index is 1.87. The molecule has 144 valence electrons. The van der Waals surface area contributed by atoms with Gasteiger partial charge in [0.1, 0.15) is 17.4 Å². The average molecular weight is 380 g/mol. The van der Waals surface area contributed by atoms with Gasteiger partial charge >= 0.3 is 12.1 Å². The van der Waals surface area contributed by atoms with Gasteiger partial charge in [-0.05, 0) is 30.7 Å². The third kappa shape index (κ3) is 2.65. The van der Waals surface area contributed by atoms with E-state index in [4.69, 9.17) is 10.5 Å². The molecule has 0 spiro atoms. The number of nitrogens with zero attached hydrogens (tertiary/aromatic N) is 2. The average Bonchev–Trinajstić information content (AvgIpc) is 2.93. The first-order chi connectivity index (χ1) is 13.3. The number of urea groups is 2. The molecule has 0 bridgehead atoms. The normalized spacial score (nSPS) is 22.9. The number of fused-ring (bicyclic) bond motifs is 3. The fourth-order valence-electron chi connectivity index (χ4n) is 3.93. The lowest BCUT2D eigenvalue weighted by Crippen LogP contribution is -2.54. The number of nitrogens with two attached hydrogens (primary N) is 1. The lowest BCUT2D eigenvalue weighted by Gasteiger charge is -2.45. The number of imide groups is 1. The number of benzene rings is 2. The number of amides is 5. The molecule has 2 unspecified atom stereocenters. The van der Waals surface area contributed by atoms with Crippen LogP contribution >= 0.6 is 0 Å². The summed E-state index contributed by atoms with van der Waals surface area (Å²) in [5.74, 6) is 0.258. The zero-order valence-corrected chi connectivity index (χ0v) is 15.5. The summed E-state index contributed by atoms with van der Waals surface area (Å²) in [7, 11) is 0. The quantitative estimate of drug-likeness (QED) is 0.836. The molecule has 0 aliphatic carbocycles. The molecule has 1 saturated heterocycles. The van der Waals surface area contributed by atoms with Gasteiger partial charge in [-0.25, -0.2) is 14.5 Å². The number of anilines is 2. The molecule has 2 aliphatic heterocycles. The lowest BCUT2D eigenvalue weighted by atomic mass is 9.86. The van der Waals surface area contributed by atoms with E-state index >= 15 is 0 Å². The Morgan fingerprint density at radius 2 is 1.93 bits per heavy atom. The third-order valence-electron chi connectivity index (χ3n) is 5.11. The van der Waals surface area contributed by atoms with Crippen molar-refractivity contribution in [1.29, 1.82) is 0 Å². The van der Waals surface area contributed by atoms with Gasteiger partial charge in [0.2, 0.25) is 5.91 Å². The van der Waals surface area contributed by atoms with Crippen LogP contribution in [0.15, 0.2) is 48.5 Å². The van der Waals surface area contributed by atoms with Gasteiger partial charge in [-0.1, -0.05) is 30.3 Å². The second-order valence-electron chi connectivity index (χ2n) is 7.17. The highest BCUT2D eigenvalue weighted by Crippen LogP contribution is 2.51. The summed E-state index contributed by atoms with van der Waals surface area (Å²) in [6.45, 7) is 3.35. The van der Waals surface area contributed by atoms with Crippen LogP contribution in [0.4, 0.5) is 21.0 Å². The van der Waals surface area contributed by atoms with Crippen LogP contribution in [0.5, 0.6) is 5.75 Å². The Hall–Kier alpha value is -3.55. The number of primary amides is 1. The van der Waals surface area contributed by atoms with E-state index in [0.29, 0.717) is 17.1 Å². The van der Waals surface area contributed by atoms with Crippen molar-refractivity contribution >= 4 is 29.3 Å². The molecule has 28 heavy (non-hydrogen) atoms. The van der Waals surface area contributed by atoms with E-state index in [0.717, 1.165) is 10.5 Å². The van der Waals surface area contributed by atoms with Crippen molar-refractivity contribution < 1.29 is 19.1 Å². The lowest BCUT2D eigenvalue weighted by molar-refractivity contribution is -0.114. The van der Waals surface area contributed by atoms with Gasteiger partial charge in [0.05, 0.1) is 12.2 Å². The van der Waals surface area contributed by atoms with Crippen LogP contribution in [0.3, 0.4) is 0 Å². The first-order valence-electron chi connectivity index (χ1n) is 8.85. The molecule has 2 heterocycles. The molecule has 8 nitrogen and oxygen atoms in total. The minimum Gasteiger partial charge on any atom is -0.481 e. The van der Waals surface area contributed by atoms with Crippen molar-refractivity contribution in [1.82, 2.24) is 4.90 Å². The summed E-state index contributed by atoms with van der Waals surface area (Å²) in [5, 5.41) is 2.70. The zero-order chi connectivity index (χ0) is 20.1. The molecule has 5 amide bonds. The molecule has 3 N–H and O–H groups in total. The van der Waals surface area contributed by atoms with Gasteiger partial charge in [0, 0.05) is 12.6 Å². The number of carbonyl (C=O) groups is 3. The Labute approximate surface area is 161 Å². The summed E-state index contributed by atoms with van der Waals surface area (Å²) in [5.41, 5.74) is 6.47. The summed E-state index contributed by atoms with van der Waals surface area (Å²) < 4.78 is 6.29. The van der Waals surface area contributed by atoms with E-state index in [1.165, 1.54) is 6.92 Å². The fourth-order valence-corrected chi connectivity index (χ4v) is 3.93. The third-order valence-corrected chi connectivity index (χ3v) is 5.11. The van der Waals surface area contributed by atoms with Crippen LogP contribution in [0, 0.1) is 0 Å². The smallest absolute Gasteiger partial charge is 0.333 e. The second kappa shape index (κ2) is 6.26. The summed E-state index contributed by atoms with van der Waals surface area (Å²) >= 11 is 0. The first kappa shape index (κ1) is 17.8. The van der Waals surface area contributed by atoms with E-state index in [2.05, 4.69) is 5.32 Å². The van der Waals surface area contributed by atoms with Crippen LogP contribution < -0.4 is 20.7 Å². The van der Waals surface area contributed by atoms with Gasteiger partial charge < -0.3 is 15.8 Å². The molecule has 0 aromatic heterocycles. The monoisotopic (exact) mass is 380 g/mol. The van der Waals surface area contributed by atoms with Crippen LogP contribution in [0.1, 0.15) is 25.5 Å². The van der Waals surface area contributed by atoms with Crippen LogP contribution in [0.2, 0.25) is 0 Å². The topological polar surface area (TPSA) is 105 Å². The maximum absolute atomic E-state index is 13.1. The molecule has 4 rings (SSSR count). The van der Waals surface area contributed by atoms with Crippen LogP contribution in [0.25, 0.3) is 0 Å². The number of hydrogen-bond acceptors (Lipinski definition) is 4. The van der Waals surface area contributed by atoms with Crippen molar-refractivity contribution in [2.45, 2.75) is 25.5 Å². The van der Waals surface area contributed by atoms with Crippen molar-refractivity contribution in [3.8, 4) is 5.75 Å². The maximum Gasteiger partial charge on any atom is 0.333 e. The number of nitrogens with one attached hydrogen (secondary N) is 1. The van der Waals surface area contributed by atoms with E-state index < -0.39 is 23.7 Å². The summed E-state index contributed by atoms with van der Waals surface area (Å²) in [6, 6.07) is 13.3. The Morgan fingerprint density at radius 3 is 2.57 bits per heavy atom. The highest BCUT2D eigenvalue weighted by atomic mass is 16.5. The second-order valence-corrected chi connectivity index (χ2v) is 7.17. The van der Waals surface area contributed by atoms with Crippen LogP contribution in [-0.4, -0.2) is 35.0 Å². The van der Waals surface area contributed by atoms with Crippen LogP contribution in [-0.2, 0) is 4.79 Å². The zero-order valence-electron chi connectivity index (χ0n) is 15.5. The SMILES string of the molecule is CC(=O)Nc1ccc2c(c1)N1C(=O)N(C(N)=O)CC1(C)C(c1ccccc1)O2. The molecule has 2 aliphatic rings. The number of hydrogen-bond donors (Lipinski definition) is 2. The van der Waals surface area contributed by atoms with E-state index in [1.54, 1.807) is 23.1 Å². The van der Waals surface area contributed by atoms with E-state index in [-0.39, 0.29) is 12.5 Å². The van der Waals surface area contributed by atoms with Gasteiger partial charge in [-0.2, -0.15) is 0 Å². The fraction of sp³-hybridized carbons (Fsp3) is 0.250. The van der Waals surface area contributed by atoms with Crippen molar-refractivity contribution in [2.24, 2.45) is 5.73 Å². The molecular formula is C20H20N4O4. The van der Waals surface area contributed by atoms with Crippen molar-refractivity contribution in [3.05, 3.63) is 54.1 Å². The molecule has 0 radical (unpaired) electrons. The molecule has 0 saturated carbocycles. The first-order valence-corrected chi connectivity index (χ1v) is 8.85. The predicted molar refractivity (Wildman–Crippen MR) is 103 cm³/mol.